The molecule has 2 amide bonds. The fourth-order valence-electron chi connectivity index (χ4n) is 1.83. The van der Waals surface area contributed by atoms with Gasteiger partial charge >= 0.3 is 0 Å². The van der Waals surface area contributed by atoms with E-state index in [1.165, 1.54) is 12.3 Å². The Kier molecular flexibility index (Phi) is 5.57. The molecule has 0 bridgehead atoms. The van der Waals surface area contributed by atoms with E-state index in [1.54, 1.807) is 30.3 Å². The maximum atomic E-state index is 11.9. The van der Waals surface area contributed by atoms with Crippen LogP contribution in [0.25, 0.3) is 0 Å². The molecule has 1 heterocycles. The lowest BCUT2D eigenvalue weighted by Crippen LogP contribution is -2.39. The van der Waals surface area contributed by atoms with Crippen LogP contribution in [0.4, 0.5) is 0 Å². The van der Waals surface area contributed by atoms with Crippen LogP contribution in [-0.4, -0.2) is 30.1 Å². The highest BCUT2D eigenvalue weighted by atomic mass is 35.5. The van der Waals surface area contributed by atoms with Gasteiger partial charge in [0.25, 0.3) is 5.91 Å². The molecule has 0 spiro atoms. The molecule has 0 aliphatic heterocycles. The minimum absolute atomic E-state index is 0.220. The Labute approximate surface area is 132 Å². The number of rotatable bonds is 6. The average Bonchev–Trinajstić information content (AvgIpc) is 3.04. The van der Waals surface area contributed by atoms with Crippen molar-refractivity contribution in [3.63, 3.8) is 0 Å². The third kappa shape index (κ3) is 4.34. The van der Waals surface area contributed by atoms with Gasteiger partial charge in [-0.15, -0.1) is 0 Å². The smallest absolute Gasteiger partial charge is 0.251 e. The van der Waals surface area contributed by atoms with Gasteiger partial charge in [0.15, 0.2) is 0 Å². The van der Waals surface area contributed by atoms with E-state index in [1.807, 2.05) is 0 Å². The zero-order chi connectivity index (χ0) is 15.9. The lowest BCUT2D eigenvalue weighted by atomic mass is 10.2. The molecule has 2 aromatic rings. The largest absolute Gasteiger partial charge is 0.467 e. The third-order valence-electron chi connectivity index (χ3n) is 2.90. The van der Waals surface area contributed by atoms with Crippen LogP contribution in [0.2, 0.25) is 5.02 Å². The number of carbonyl (C=O) groups excluding carboxylic acids is 2. The molecule has 0 aliphatic carbocycles. The molecule has 1 atom stereocenters. The fourth-order valence-corrected chi connectivity index (χ4v) is 2.02. The molecule has 22 heavy (non-hydrogen) atoms. The molecule has 0 radical (unpaired) electrons. The summed E-state index contributed by atoms with van der Waals surface area (Å²) >= 11 is 5.80. The van der Waals surface area contributed by atoms with Crippen LogP contribution in [0.3, 0.4) is 0 Å². The number of hydrogen-bond acceptors (Lipinski definition) is 4. The van der Waals surface area contributed by atoms with Crippen LogP contribution in [0.5, 0.6) is 0 Å². The number of aliphatic hydroxyl groups excluding tert-OH is 1. The molecule has 1 unspecified atom stereocenters. The summed E-state index contributed by atoms with van der Waals surface area (Å²) in [5, 5.41) is 14.7. The van der Waals surface area contributed by atoms with E-state index in [0.29, 0.717) is 16.3 Å². The second-order valence-corrected chi connectivity index (χ2v) is 4.95. The number of furan rings is 1. The summed E-state index contributed by atoms with van der Waals surface area (Å²) in [6.45, 7) is -0.524. The van der Waals surface area contributed by atoms with Crippen LogP contribution in [0, 0.1) is 0 Å². The SMILES string of the molecule is O=C(CNC(=O)c1cccc(Cl)c1)NC(CO)c1ccco1. The molecular formula is C15H15ClN2O4. The van der Waals surface area contributed by atoms with Crippen LogP contribution < -0.4 is 10.6 Å². The highest BCUT2D eigenvalue weighted by molar-refractivity contribution is 6.30. The van der Waals surface area contributed by atoms with E-state index < -0.39 is 17.9 Å². The van der Waals surface area contributed by atoms with Gasteiger partial charge in [0.2, 0.25) is 5.91 Å². The molecule has 7 heteroatoms. The lowest BCUT2D eigenvalue weighted by molar-refractivity contribution is -0.121. The summed E-state index contributed by atoms with van der Waals surface area (Å²) in [6, 6.07) is 9.06. The van der Waals surface area contributed by atoms with E-state index >= 15 is 0 Å². The molecule has 0 saturated heterocycles. The van der Waals surface area contributed by atoms with Crippen molar-refractivity contribution in [3.8, 4) is 0 Å². The number of benzene rings is 1. The van der Waals surface area contributed by atoms with E-state index in [4.69, 9.17) is 16.0 Å². The summed E-state index contributed by atoms with van der Waals surface area (Å²) in [6.07, 6.45) is 1.45. The number of amides is 2. The Morgan fingerprint density at radius 1 is 1.27 bits per heavy atom. The van der Waals surface area contributed by atoms with Crippen LogP contribution in [-0.2, 0) is 4.79 Å². The predicted molar refractivity (Wildman–Crippen MR) is 80.5 cm³/mol. The van der Waals surface area contributed by atoms with Crippen molar-refractivity contribution in [2.75, 3.05) is 13.2 Å². The van der Waals surface area contributed by atoms with Gasteiger partial charge in [0.05, 0.1) is 19.4 Å². The monoisotopic (exact) mass is 322 g/mol. The minimum atomic E-state index is -0.648. The van der Waals surface area contributed by atoms with E-state index in [-0.39, 0.29) is 13.2 Å². The van der Waals surface area contributed by atoms with Crippen molar-refractivity contribution in [2.45, 2.75) is 6.04 Å². The predicted octanol–water partition coefficient (Wildman–Crippen LogP) is 1.51. The summed E-state index contributed by atoms with van der Waals surface area (Å²) in [7, 11) is 0. The Bertz CT molecular complexity index is 643. The summed E-state index contributed by atoms with van der Waals surface area (Å²) in [5.41, 5.74) is 0.366. The maximum Gasteiger partial charge on any atom is 0.251 e. The first-order valence-corrected chi connectivity index (χ1v) is 6.95. The highest BCUT2D eigenvalue weighted by Gasteiger charge is 2.16. The van der Waals surface area contributed by atoms with Gasteiger partial charge in [-0.3, -0.25) is 9.59 Å². The van der Waals surface area contributed by atoms with Crippen molar-refractivity contribution in [1.29, 1.82) is 0 Å². The van der Waals surface area contributed by atoms with Gasteiger partial charge in [-0.25, -0.2) is 0 Å². The molecule has 1 aromatic carbocycles. The van der Waals surface area contributed by atoms with Gasteiger partial charge in [-0.05, 0) is 30.3 Å². The first-order chi connectivity index (χ1) is 10.6. The second-order valence-electron chi connectivity index (χ2n) is 4.51. The maximum absolute atomic E-state index is 11.9. The van der Waals surface area contributed by atoms with Crippen molar-refractivity contribution < 1.29 is 19.1 Å². The highest BCUT2D eigenvalue weighted by Crippen LogP contribution is 2.12. The lowest BCUT2D eigenvalue weighted by Gasteiger charge is -2.14. The van der Waals surface area contributed by atoms with Crippen LogP contribution in [0.15, 0.2) is 47.1 Å². The van der Waals surface area contributed by atoms with E-state index in [9.17, 15) is 14.7 Å². The quantitative estimate of drug-likeness (QED) is 0.752. The molecule has 0 saturated carbocycles. The zero-order valence-electron chi connectivity index (χ0n) is 11.6. The third-order valence-corrected chi connectivity index (χ3v) is 3.14. The fraction of sp³-hybridized carbons (Fsp3) is 0.200. The van der Waals surface area contributed by atoms with Gasteiger partial charge < -0.3 is 20.2 Å². The molecule has 2 rings (SSSR count). The van der Waals surface area contributed by atoms with Crippen LogP contribution >= 0.6 is 11.6 Å². The summed E-state index contributed by atoms with van der Waals surface area (Å²) in [5.74, 6) is -0.404. The number of hydrogen-bond donors (Lipinski definition) is 3. The molecule has 1 aromatic heterocycles. The summed E-state index contributed by atoms with van der Waals surface area (Å²) in [4.78, 5) is 23.7. The van der Waals surface area contributed by atoms with Gasteiger partial charge in [0, 0.05) is 10.6 Å². The zero-order valence-corrected chi connectivity index (χ0v) is 12.3. The molecule has 0 fully saturated rings. The molecule has 3 N–H and O–H groups in total. The minimum Gasteiger partial charge on any atom is -0.467 e. The number of halogens is 1. The molecule has 0 aliphatic rings. The average molecular weight is 323 g/mol. The first-order valence-electron chi connectivity index (χ1n) is 6.57. The van der Waals surface area contributed by atoms with E-state index in [2.05, 4.69) is 10.6 Å². The van der Waals surface area contributed by atoms with Crippen molar-refractivity contribution in [2.24, 2.45) is 0 Å². The summed E-state index contributed by atoms with van der Waals surface area (Å²) < 4.78 is 5.12. The van der Waals surface area contributed by atoms with Crippen molar-refractivity contribution >= 4 is 23.4 Å². The van der Waals surface area contributed by atoms with Gasteiger partial charge in [0.1, 0.15) is 11.8 Å². The second kappa shape index (κ2) is 7.63. The number of aliphatic hydroxyl groups is 1. The molecule has 116 valence electrons. The Morgan fingerprint density at radius 2 is 2.09 bits per heavy atom. The molecule has 6 nitrogen and oxygen atoms in total. The number of nitrogens with one attached hydrogen (secondary N) is 2. The van der Waals surface area contributed by atoms with Crippen LogP contribution in [0.1, 0.15) is 22.2 Å². The first kappa shape index (κ1) is 16.1. The van der Waals surface area contributed by atoms with Crippen molar-refractivity contribution in [1.82, 2.24) is 10.6 Å². The molecular weight excluding hydrogens is 308 g/mol. The van der Waals surface area contributed by atoms with E-state index in [0.717, 1.165) is 0 Å². The van der Waals surface area contributed by atoms with Gasteiger partial charge in [-0.1, -0.05) is 17.7 Å². The Morgan fingerprint density at radius 3 is 2.73 bits per heavy atom. The van der Waals surface area contributed by atoms with Gasteiger partial charge in [-0.2, -0.15) is 0 Å². The number of carbonyl (C=O) groups is 2. The Hall–Kier alpha value is -2.31. The topological polar surface area (TPSA) is 91.6 Å². The Balaban J connectivity index is 1.86. The standard InChI is InChI=1S/C15H15ClN2O4/c16-11-4-1-3-10(7-11)15(21)17-8-14(20)18-12(9-19)13-5-2-6-22-13/h1-7,12,19H,8-9H2,(H,17,21)(H,18,20). The van der Waals surface area contributed by atoms with Crippen molar-refractivity contribution in [3.05, 3.63) is 59.0 Å². The normalized spacial score (nSPS) is 11.7.